The number of hydrogen-bond acceptors (Lipinski definition) is 6. The molecular formula is C2CaLiNaO6. The average Bonchev–Trinajstić information content (AvgIpc) is 1.25. The molecule has 0 unspecified atom stereocenters. The Hall–Kier alpha value is 1.40. The Kier molecular flexibility index (Phi) is 60.2. The summed E-state index contributed by atoms with van der Waals surface area (Å²) in [6.45, 7) is 0. The fourth-order valence-electron chi connectivity index (χ4n) is 0. The fraction of sp³-hybridized carbons (Fsp3) is 0. The minimum absolute atomic E-state index is 0. The van der Waals surface area contributed by atoms with Gasteiger partial charge in [-0.05, 0) is 12.3 Å². The van der Waals surface area contributed by atoms with E-state index in [2.05, 4.69) is 0 Å². The van der Waals surface area contributed by atoms with Gasteiger partial charge in [0.25, 0.3) is 0 Å². The topological polar surface area (TPSA) is 126 Å². The number of carbonyl (C=O) groups is 2. The predicted molar refractivity (Wildman–Crippen MR) is 16.5 cm³/mol. The third kappa shape index (κ3) is 516. The largest absolute Gasteiger partial charge is 2.00 e. The molecule has 0 saturated heterocycles. The van der Waals surface area contributed by atoms with Gasteiger partial charge in [-0.25, -0.2) is 0 Å². The van der Waals surface area contributed by atoms with Crippen LogP contribution in [0.25, 0.3) is 0 Å². The Morgan fingerprint density at radius 3 is 0.818 bits per heavy atom. The maximum atomic E-state index is 8.33. The van der Waals surface area contributed by atoms with E-state index in [9.17, 15) is 0 Å². The first-order valence-electron chi connectivity index (χ1n) is 1.22. The Bertz CT molecular complexity index is 78.6. The zero-order chi connectivity index (χ0) is 7.15. The molecule has 0 aliphatic carbocycles. The number of rotatable bonds is 0. The van der Waals surface area contributed by atoms with Crippen molar-refractivity contribution in [2.75, 3.05) is 0 Å². The van der Waals surface area contributed by atoms with Gasteiger partial charge < -0.3 is 30.0 Å². The SMILES string of the molecule is O=C([O-])[O-].O=C([O-])[O-].[Ca+2].[Li+].[Na+]. The van der Waals surface area contributed by atoms with E-state index in [0.29, 0.717) is 0 Å². The third-order valence-corrected chi connectivity index (χ3v) is 0. The van der Waals surface area contributed by atoms with Gasteiger partial charge in [-0.2, -0.15) is 0 Å². The van der Waals surface area contributed by atoms with Gasteiger partial charge in [0.2, 0.25) is 0 Å². The van der Waals surface area contributed by atoms with Crippen LogP contribution < -0.4 is 68.8 Å². The molecule has 6 nitrogen and oxygen atoms in total. The molecule has 0 aliphatic rings. The Morgan fingerprint density at radius 2 is 0.818 bits per heavy atom. The molecule has 0 N–H and O–H groups in total. The van der Waals surface area contributed by atoms with E-state index in [4.69, 9.17) is 30.0 Å². The summed E-state index contributed by atoms with van der Waals surface area (Å²) in [7, 11) is 0. The molecule has 9 heteroatoms. The van der Waals surface area contributed by atoms with Crippen molar-refractivity contribution in [3.8, 4) is 0 Å². The smallest absolute Gasteiger partial charge is 0.652 e. The summed E-state index contributed by atoms with van der Waals surface area (Å²) in [5.41, 5.74) is 0. The molecule has 0 spiro atoms. The second-order valence-corrected chi connectivity index (χ2v) is 0.500. The first kappa shape index (κ1) is 29.4. The number of carbonyl (C=O) groups excluding carboxylic acids is 2. The van der Waals surface area contributed by atoms with Crippen molar-refractivity contribution in [1.29, 1.82) is 0 Å². The zero-order valence-electron chi connectivity index (χ0n) is 6.16. The predicted octanol–water partition coefficient (Wildman–Crippen LogP) is -11.3. The summed E-state index contributed by atoms with van der Waals surface area (Å²) in [5, 5.41) is 33.3. The van der Waals surface area contributed by atoms with Crippen molar-refractivity contribution < 1.29 is 78.4 Å². The first-order valence-corrected chi connectivity index (χ1v) is 1.22. The van der Waals surface area contributed by atoms with E-state index < -0.39 is 12.3 Å². The summed E-state index contributed by atoms with van der Waals surface area (Å²) < 4.78 is 0. The molecule has 0 radical (unpaired) electrons. The van der Waals surface area contributed by atoms with Crippen LogP contribution in [0.4, 0.5) is 9.59 Å². The van der Waals surface area contributed by atoms with E-state index in [1.54, 1.807) is 0 Å². The van der Waals surface area contributed by atoms with Crippen molar-refractivity contribution in [3.63, 3.8) is 0 Å². The summed E-state index contributed by atoms with van der Waals surface area (Å²) in [6, 6.07) is 0. The van der Waals surface area contributed by atoms with E-state index in [1.807, 2.05) is 0 Å². The molecule has 0 rings (SSSR count). The van der Waals surface area contributed by atoms with Crippen LogP contribution in [0.15, 0.2) is 0 Å². The van der Waals surface area contributed by atoms with Gasteiger partial charge >= 0.3 is 86.2 Å². The molecule has 0 fully saturated rings. The van der Waals surface area contributed by atoms with Gasteiger partial charge in [0.15, 0.2) is 0 Å². The number of hydrogen-bond donors (Lipinski definition) is 0. The molecule has 0 heterocycles. The Balaban J connectivity index is -0.0000000171. The van der Waals surface area contributed by atoms with Crippen LogP contribution in [0.2, 0.25) is 0 Å². The quantitative estimate of drug-likeness (QED) is 0.349. The Labute approximate surface area is 126 Å². The zero-order valence-corrected chi connectivity index (χ0v) is 10.4. The van der Waals surface area contributed by atoms with Crippen molar-refractivity contribution in [2.45, 2.75) is 0 Å². The molecule has 0 atom stereocenters. The second kappa shape index (κ2) is 22.5. The standard InChI is InChI=1S/2CH2O3.Ca.Li.Na/c2*2-1(3)4;;;/h2*(H2,2,3,4);;;/q;;+2;2*+1/p-4. The monoisotopic (exact) mass is 190 g/mol. The average molecular weight is 190 g/mol. The van der Waals surface area contributed by atoms with Gasteiger partial charge in [0, 0.05) is 0 Å². The van der Waals surface area contributed by atoms with Crippen LogP contribution >= 0.6 is 0 Å². The summed E-state index contributed by atoms with van der Waals surface area (Å²) in [4.78, 5) is 16.7. The van der Waals surface area contributed by atoms with E-state index >= 15 is 0 Å². The molecular weight excluding hydrogens is 190 g/mol. The first-order chi connectivity index (χ1) is 3.46. The van der Waals surface area contributed by atoms with Crippen LogP contribution in [-0.2, 0) is 0 Å². The van der Waals surface area contributed by atoms with Crippen molar-refractivity contribution in [3.05, 3.63) is 0 Å². The van der Waals surface area contributed by atoms with Crippen molar-refractivity contribution >= 4 is 50.0 Å². The third-order valence-electron chi connectivity index (χ3n) is 0. The van der Waals surface area contributed by atoms with Crippen LogP contribution in [0.5, 0.6) is 0 Å². The summed E-state index contributed by atoms with van der Waals surface area (Å²) >= 11 is 0. The maximum Gasteiger partial charge on any atom is 2.00 e. The van der Waals surface area contributed by atoms with E-state index in [-0.39, 0.29) is 86.2 Å². The molecule has 11 heavy (non-hydrogen) atoms. The van der Waals surface area contributed by atoms with E-state index in [0.717, 1.165) is 0 Å². The van der Waals surface area contributed by atoms with Gasteiger partial charge in [-0.1, -0.05) is 0 Å². The fourth-order valence-corrected chi connectivity index (χ4v) is 0. The molecule has 0 amide bonds. The van der Waals surface area contributed by atoms with Gasteiger partial charge in [-0.15, -0.1) is 0 Å². The van der Waals surface area contributed by atoms with Crippen molar-refractivity contribution in [2.24, 2.45) is 0 Å². The minimum atomic E-state index is -2.33. The molecule has 0 saturated carbocycles. The minimum Gasteiger partial charge on any atom is -0.652 e. The molecule has 0 aromatic heterocycles. The molecule has 0 aromatic carbocycles. The molecule has 48 valence electrons. The van der Waals surface area contributed by atoms with Gasteiger partial charge in [-0.3, -0.25) is 0 Å². The van der Waals surface area contributed by atoms with Gasteiger partial charge in [0.1, 0.15) is 0 Å². The second-order valence-electron chi connectivity index (χ2n) is 0.500. The summed E-state index contributed by atoms with van der Waals surface area (Å²) in [6.07, 6.45) is -4.67. The Morgan fingerprint density at radius 1 is 0.818 bits per heavy atom. The molecule has 0 aromatic rings. The van der Waals surface area contributed by atoms with Crippen LogP contribution in [-0.4, -0.2) is 50.0 Å². The molecule has 0 aliphatic heterocycles. The maximum absolute atomic E-state index is 8.33. The normalized spacial score (nSPS) is 4.36. The van der Waals surface area contributed by atoms with Gasteiger partial charge in [0.05, 0.1) is 0 Å². The van der Waals surface area contributed by atoms with E-state index in [1.165, 1.54) is 0 Å². The molecule has 0 bridgehead atoms. The van der Waals surface area contributed by atoms with Crippen molar-refractivity contribution in [1.82, 2.24) is 0 Å². The van der Waals surface area contributed by atoms with Crippen LogP contribution in [0, 0.1) is 0 Å². The summed E-state index contributed by atoms with van der Waals surface area (Å²) in [5.74, 6) is 0. The van der Waals surface area contributed by atoms with Crippen LogP contribution in [0.1, 0.15) is 0 Å². The number of carboxylic acid groups (broad SMARTS) is 4. The van der Waals surface area contributed by atoms with Crippen LogP contribution in [0.3, 0.4) is 0 Å².